The number of carbonyl (C=O) groups is 2. The molecule has 0 aliphatic rings. The van der Waals surface area contributed by atoms with E-state index in [-0.39, 0.29) is 0 Å². The molecule has 0 bridgehead atoms. The second-order valence-electron chi connectivity index (χ2n) is 6.18. The lowest BCUT2D eigenvalue weighted by atomic mass is 10.2. The molecule has 2 N–H and O–H groups in total. The number of rotatable bonds is 9. The van der Waals surface area contributed by atoms with E-state index in [9.17, 15) is 9.59 Å². The van der Waals surface area contributed by atoms with Gasteiger partial charge in [-0.3, -0.25) is 10.6 Å². The van der Waals surface area contributed by atoms with Gasteiger partial charge in [0.15, 0.2) is 0 Å². The van der Waals surface area contributed by atoms with Crippen molar-refractivity contribution in [3.63, 3.8) is 0 Å². The zero-order valence-electron chi connectivity index (χ0n) is 15.9. The highest BCUT2D eigenvalue weighted by molar-refractivity contribution is 9.11. The van der Waals surface area contributed by atoms with Crippen molar-refractivity contribution in [2.75, 3.05) is 23.8 Å². The van der Waals surface area contributed by atoms with Crippen LogP contribution in [0.25, 0.3) is 0 Å². The third kappa shape index (κ3) is 9.36. The maximum absolute atomic E-state index is 11.8. The summed E-state index contributed by atoms with van der Waals surface area (Å²) in [5.74, 6) is 0. The van der Waals surface area contributed by atoms with Crippen LogP contribution in [0.15, 0.2) is 54.3 Å². The topological polar surface area (TPSA) is 76.7 Å². The van der Waals surface area contributed by atoms with Crippen molar-refractivity contribution in [1.82, 2.24) is 0 Å². The number of carbonyl (C=O) groups excluding carboxylic acids is 2. The summed E-state index contributed by atoms with van der Waals surface area (Å²) in [5.41, 5.74) is 1.29. The van der Waals surface area contributed by atoms with Crippen LogP contribution in [0.2, 0.25) is 0 Å². The number of amides is 2. The Kier molecular flexibility index (Phi) is 11.2. The molecule has 0 heterocycles. The Morgan fingerprint density at radius 1 is 0.667 bits per heavy atom. The molecule has 30 heavy (non-hydrogen) atoms. The molecule has 2 aromatic rings. The van der Waals surface area contributed by atoms with Gasteiger partial charge in [0.05, 0.1) is 24.6 Å². The van der Waals surface area contributed by atoms with Crippen LogP contribution in [0.1, 0.15) is 25.7 Å². The van der Waals surface area contributed by atoms with E-state index in [1.807, 2.05) is 24.3 Å². The molecule has 0 radical (unpaired) electrons. The van der Waals surface area contributed by atoms with Crippen molar-refractivity contribution < 1.29 is 19.1 Å². The summed E-state index contributed by atoms with van der Waals surface area (Å²) in [6, 6.07) is 10.9. The average molecular weight is 672 g/mol. The summed E-state index contributed by atoms with van der Waals surface area (Å²) in [5, 5.41) is 5.38. The lowest BCUT2D eigenvalue weighted by molar-refractivity contribution is 0.153. The van der Waals surface area contributed by atoms with E-state index in [2.05, 4.69) is 74.4 Å². The zero-order chi connectivity index (χ0) is 21.9. The molecule has 0 aromatic heterocycles. The van der Waals surface area contributed by atoms with Gasteiger partial charge in [0.1, 0.15) is 0 Å². The van der Waals surface area contributed by atoms with Crippen molar-refractivity contribution in [2.24, 2.45) is 0 Å². The van der Waals surface area contributed by atoms with Gasteiger partial charge in [-0.25, -0.2) is 9.59 Å². The predicted molar refractivity (Wildman–Crippen MR) is 132 cm³/mol. The molecule has 0 unspecified atom stereocenters. The summed E-state index contributed by atoms with van der Waals surface area (Å²) in [4.78, 5) is 23.6. The summed E-state index contributed by atoms with van der Waals surface area (Å²) in [6.45, 7) is 0.665. The fraction of sp³-hybridized carbons (Fsp3) is 0.300. The molecule has 2 aromatic carbocycles. The van der Waals surface area contributed by atoms with Crippen molar-refractivity contribution in [3.05, 3.63) is 54.3 Å². The first-order valence-corrected chi connectivity index (χ1v) is 12.3. The van der Waals surface area contributed by atoms with E-state index >= 15 is 0 Å². The maximum Gasteiger partial charge on any atom is 0.411 e. The first-order valence-electron chi connectivity index (χ1n) is 9.13. The lowest BCUT2D eigenvalue weighted by Gasteiger charge is -2.09. The number of unbranched alkanes of at least 4 members (excludes halogenated alkanes) is 3. The fourth-order valence-electron chi connectivity index (χ4n) is 2.36. The number of halogens is 4. The van der Waals surface area contributed by atoms with Gasteiger partial charge in [-0.05, 0) is 93.9 Å². The van der Waals surface area contributed by atoms with Crippen LogP contribution >= 0.6 is 63.7 Å². The molecule has 0 atom stereocenters. The normalized spacial score (nSPS) is 10.4. The van der Waals surface area contributed by atoms with Crippen LogP contribution in [0.4, 0.5) is 21.0 Å². The van der Waals surface area contributed by atoms with Crippen LogP contribution in [0, 0.1) is 0 Å². The molecule has 0 aliphatic heterocycles. The molecule has 162 valence electrons. The van der Waals surface area contributed by atoms with Gasteiger partial charge in [-0.1, -0.05) is 31.9 Å². The number of hydrogen-bond acceptors (Lipinski definition) is 4. The van der Waals surface area contributed by atoms with Gasteiger partial charge in [-0.2, -0.15) is 0 Å². The number of benzene rings is 2. The standard InChI is InChI=1S/C20H20Br4N2O4/c21-13-5-7-17(15(23)11-13)25-19(27)29-9-3-1-2-4-10-30-20(28)26-18-8-6-14(22)12-16(18)24/h5-8,11-12H,1-4,9-10H2,(H,25,27)(H,26,28). The molecule has 10 heteroatoms. The highest BCUT2D eigenvalue weighted by atomic mass is 79.9. The number of hydrogen-bond donors (Lipinski definition) is 2. The zero-order valence-corrected chi connectivity index (χ0v) is 22.2. The summed E-state index contributed by atoms with van der Waals surface area (Å²) in [7, 11) is 0. The van der Waals surface area contributed by atoms with E-state index in [0.29, 0.717) is 24.6 Å². The monoisotopic (exact) mass is 668 g/mol. The average Bonchev–Trinajstić information content (AvgIpc) is 2.68. The largest absolute Gasteiger partial charge is 0.449 e. The van der Waals surface area contributed by atoms with Crippen molar-refractivity contribution in [3.8, 4) is 0 Å². The number of nitrogens with one attached hydrogen (secondary N) is 2. The van der Waals surface area contributed by atoms with Crippen LogP contribution in [-0.2, 0) is 9.47 Å². The van der Waals surface area contributed by atoms with Gasteiger partial charge < -0.3 is 9.47 Å². The van der Waals surface area contributed by atoms with Gasteiger partial charge in [0.25, 0.3) is 0 Å². The Morgan fingerprint density at radius 2 is 1.07 bits per heavy atom. The first kappa shape index (κ1) is 25.2. The molecule has 6 nitrogen and oxygen atoms in total. The van der Waals surface area contributed by atoms with Crippen LogP contribution in [-0.4, -0.2) is 25.4 Å². The molecule has 2 rings (SSSR count). The number of anilines is 2. The summed E-state index contributed by atoms with van der Waals surface area (Å²) < 4.78 is 13.7. The molecule has 0 saturated carbocycles. The Hall–Kier alpha value is -1.10. The third-order valence-corrected chi connectivity index (χ3v) is 6.14. The highest BCUT2D eigenvalue weighted by Crippen LogP contribution is 2.27. The molecular weight excluding hydrogens is 652 g/mol. The van der Waals surface area contributed by atoms with E-state index < -0.39 is 12.2 Å². The quantitative estimate of drug-likeness (QED) is 0.264. The molecule has 0 aliphatic carbocycles. The number of ether oxygens (including phenoxy) is 2. The minimum absolute atomic E-state index is 0.332. The van der Waals surface area contributed by atoms with Gasteiger partial charge in [0, 0.05) is 17.9 Å². The molecule has 0 fully saturated rings. The first-order chi connectivity index (χ1) is 14.3. The minimum atomic E-state index is -0.489. The van der Waals surface area contributed by atoms with Crippen LogP contribution in [0.5, 0.6) is 0 Å². The second-order valence-corrected chi connectivity index (χ2v) is 9.72. The summed E-state index contributed by atoms with van der Waals surface area (Å²) >= 11 is 13.5. The Labute approximate surface area is 209 Å². The maximum atomic E-state index is 11.8. The predicted octanol–water partition coefficient (Wildman–Crippen LogP) is 8.09. The minimum Gasteiger partial charge on any atom is -0.449 e. The molecular formula is C20H20Br4N2O4. The smallest absolute Gasteiger partial charge is 0.411 e. The Balaban J connectivity index is 1.51. The van der Waals surface area contributed by atoms with Gasteiger partial charge >= 0.3 is 12.2 Å². The van der Waals surface area contributed by atoms with Crippen molar-refractivity contribution in [1.29, 1.82) is 0 Å². The van der Waals surface area contributed by atoms with Crippen molar-refractivity contribution in [2.45, 2.75) is 25.7 Å². The van der Waals surface area contributed by atoms with Crippen LogP contribution in [0.3, 0.4) is 0 Å². The highest BCUT2D eigenvalue weighted by Gasteiger charge is 2.08. The van der Waals surface area contributed by atoms with E-state index in [4.69, 9.17) is 9.47 Å². The molecule has 2 amide bonds. The molecule has 0 saturated heterocycles. The second kappa shape index (κ2) is 13.3. The lowest BCUT2D eigenvalue weighted by Crippen LogP contribution is -2.15. The summed E-state index contributed by atoms with van der Waals surface area (Å²) in [6.07, 6.45) is 2.26. The van der Waals surface area contributed by atoms with E-state index in [0.717, 1.165) is 43.6 Å². The van der Waals surface area contributed by atoms with E-state index in [1.165, 1.54) is 0 Å². The Bertz CT molecular complexity index is 808. The molecule has 0 spiro atoms. The Morgan fingerprint density at radius 3 is 1.43 bits per heavy atom. The van der Waals surface area contributed by atoms with Crippen molar-refractivity contribution >= 4 is 87.3 Å². The third-order valence-electron chi connectivity index (χ3n) is 3.84. The van der Waals surface area contributed by atoms with Gasteiger partial charge in [-0.15, -0.1) is 0 Å². The SMILES string of the molecule is O=C(Nc1ccc(Br)cc1Br)OCCCCCCOC(=O)Nc1ccc(Br)cc1Br. The fourth-order valence-corrected chi connectivity index (χ4v) is 4.65. The van der Waals surface area contributed by atoms with E-state index in [1.54, 1.807) is 12.1 Å². The van der Waals surface area contributed by atoms with Gasteiger partial charge in [0.2, 0.25) is 0 Å². The van der Waals surface area contributed by atoms with Crippen LogP contribution < -0.4 is 10.6 Å².